The Labute approximate surface area is 279 Å². The average molecular weight is 637 g/mol. The third-order valence-corrected chi connectivity index (χ3v) is 8.40. The van der Waals surface area contributed by atoms with Gasteiger partial charge in [-0.3, -0.25) is 0 Å². The monoisotopic (exact) mass is 636 g/mol. The minimum atomic E-state index is -0.717. The summed E-state index contributed by atoms with van der Waals surface area (Å²) < 4.78 is 31.3. The molecule has 0 bridgehead atoms. The molecule has 2 aromatic heterocycles. The number of hydrogen-bond acceptors (Lipinski definition) is 5. The molecule has 0 unspecified atom stereocenters. The van der Waals surface area contributed by atoms with E-state index in [1.54, 1.807) is 30.3 Å². The fraction of sp³-hybridized carbons (Fsp3) is 0. The Morgan fingerprint density at radius 3 is 1.49 bits per heavy atom. The lowest BCUT2D eigenvalue weighted by Gasteiger charge is -2.16. The van der Waals surface area contributed by atoms with E-state index in [1.807, 2.05) is 89.5 Å². The van der Waals surface area contributed by atoms with Crippen LogP contribution in [-0.4, -0.2) is 19.5 Å². The number of nitrogens with zero attached hydrogens (tertiary/aromatic N) is 6. The van der Waals surface area contributed by atoms with E-state index in [2.05, 4.69) is 12.1 Å². The van der Waals surface area contributed by atoms with Crippen molar-refractivity contribution in [2.24, 2.45) is 0 Å². The minimum Gasteiger partial charge on any atom is -0.309 e. The van der Waals surface area contributed by atoms with Crippen LogP contribution in [0.25, 0.3) is 72.8 Å². The van der Waals surface area contributed by atoms with E-state index in [0.717, 1.165) is 39.0 Å². The van der Waals surface area contributed by atoms with E-state index in [-0.39, 0.29) is 0 Å². The summed E-state index contributed by atoms with van der Waals surface area (Å²) >= 11 is 0. The van der Waals surface area contributed by atoms with Crippen molar-refractivity contribution in [2.75, 3.05) is 0 Å². The van der Waals surface area contributed by atoms with Gasteiger partial charge in [-0.2, -0.15) is 10.5 Å². The summed E-state index contributed by atoms with van der Waals surface area (Å²) in [6, 6.07) is 43.3. The van der Waals surface area contributed by atoms with Gasteiger partial charge in [-0.25, -0.2) is 23.7 Å². The zero-order valence-electron chi connectivity index (χ0n) is 25.6. The molecule has 0 N–H and O–H groups in total. The van der Waals surface area contributed by atoms with Gasteiger partial charge < -0.3 is 4.57 Å². The molecule has 2 heterocycles. The molecule has 0 saturated carbocycles. The van der Waals surface area contributed by atoms with E-state index >= 15 is 0 Å². The first-order chi connectivity index (χ1) is 24.0. The van der Waals surface area contributed by atoms with E-state index in [0.29, 0.717) is 51.0 Å². The molecule has 6 aromatic carbocycles. The Kier molecular flexibility index (Phi) is 7.17. The molecule has 6 nitrogen and oxygen atoms in total. The number of nitriles is 2. The molecule has 0 radical (unpaired) electrons. The topological polar surface area (TPSA) is 91.2 Å². The standard InChI is InChI=1S/C41H22F2N6/c42-30-19-29(20-31(43)21-30)33-16-13-32(49-37-17-25(23-44)11-14-34(37)35-15-12-26(24-45)18-38(35)49)22-36(33)41-47-39(27-7-3-1-4-8-27)46-40(48-41)28-9-5-2-6-10-28/h1-22H. The summed E-state index contributed by atoms with van der Waals surface area (Å²) in [6.07, 6.45) is 0. The highest BCUT2D eigenvalue weighted by Crippen LogP contribution is 2.38. The Hall–Kier alpha value is -7.03. The first kappa shape index (κ1) is 29.4. The molecular weight excluding hydrogens is 614 g/mol. The maximum absolute atomic E-state index is 14.7. The van der Waals surface area contributed by atoms with Crippen molar-refractivity contribution in [1.82, 2.24) is 19.5 Å². The molecule has 0 fully saturated rings. The van der Waals surface area contributed by atoms with Gasteiger partial charge in [0.25, 0.3) is 0 Å². The van der Waals surface area contributed by atoms with Crippen LogP contribution in [0.3, 0.4) is 0 Å². The second-order valence-corrected chi connectivity index (χ2v) is 11.4. The van der Waals surface area contributed by atoms with Gasteiger partial charge in [-0.1, -0.05) is 78.9 Å². The van der Waals surface area contributed by atoms with Crippen LogP contribution in [0.1, 0.15) is 11.1 Å². The highest BCUT2D eigenvalue weighted by atomic mass is 19.1. The van der Waals surface area contributed by atoms with Crippen molar-refractivity contribution in [3.8, 4) is 63.1 Å². The second-order valence-electron chi connectivity index (χ2n) is 11.4. The number of rotatable bonds is 5. The molecule has 0 spiro atoms. The molecule has 0 aliphatic heterocycles. The van der Waals surface area contributed by atoms with E-state index < -0.39 is 11.6 Å². The fourth-order valence-electron chi connectivity index (χ4n) is 6.18. The zero-order chi connectivity index (χ0) is 33.5. The van der Waals surface area contributed by atoms with Crippen molar-refractivity contribution >= 4 is 21.8 Å². The van der Waals surface area contributed by atoms with Gasteiger partial charge >= 0.3 is 0 Å². The van der Waals surface area contributed by atoms with Crippen LogP contribution in [0.2, 0.25) is 0 Å². The maximum atomic E-state index is 14.7. The number of hydrogen-bond donors (Lipinski definition) is 0. The van der Waals surface area contributed by atoms with Gasteiger partial charge in [0.05, 0.1) is 34.3 Å². The highest BCUT2D eigenvalue weighted by molar-refractivity contribution is 6.10. The molecule has 0 atom stereocenters. The van der Waals surface area contributed by atoms with Crippen LogP contribution < -0.4 is 0 Å². The van der Waals surface area contributed by atoms with Crippen molar-refractivity contribution in [2.45, 2.75) is 0 Å². The molecule has 0 amide bonds. The smallest absolute Gasteiger partial charge is 0.164 e. The van der Waals surface area contributed by atoms with Gasteiger partial charge in [0.2, 0.25) is 0 Å². The van der Waals surface area contributed by atoms with Crippen LogP contribution >= 0.6 is 0 Å². The second kappa shape index (κ2) is 12.0. The third-order valence-electron chi connectivity index (χ3n) is 8.40. The Bertz CT molecular complexity index is 2500. The van der Waals surface area contributed by atoms with Crippen LogP contribution in [0.5, 0.6) is 0 Å². The summed E-state index contributed by atoms with van der Waals surface area (Å²) in [5.41, 5.74) is 5.98. The van der Waals surface area contributed by atoms with Crippen molar-refractivity contribution in [1.29, 1.82) is 10.5 Å². The van der Waals surface area contributed by atoms with Crippen LogP contribution in [0.4, 0.5) is 8.78 Å². The molecule has 0 aliphatic rings. The van der Waals surface area contributed by atoms with Gasteiger partial charge in [0.15, 0.2) is 17.5 Å². The number of aromatic nitrogens is 4. The van der Waals surface area contributed by atoms with Gasteiger partial charge in [0, 0.05) is 39.2 Å². The average Bonchev–Trinajstić information content (AvgIpc) is 3.47. The Balaban J connectivity index is 1.46. The van der Waals surface area contributed by atoms with Crippen molar-refractivity contribution in [3.05, 3.63) is 156 Å². The first-order valence-corrected chi connectivity index (χ1v) is 15.4. The molecule has 49 heavy (non-hydrogen) atoms. The van der Waals surface area contributed by atoms with Crippen LogP contribution in [-0.2, 0) is 0 Å². The third kappa shape index (κ3) is 5.34. The zero-order valence-corrected chi connectivity index (χ0v) is 25.6. The van der Waals surface area contributed by atoms with Crippen LogP contribution in [0.15, 0.2) is 133 Å². The van der Waals surface area contributed by atoms with E-state index in [9.17, 15) is 19.3 Å². The van der Waals surface area contributed by atoms with E-state index in [1.165, 1.54) is 12.1 Å². The summed E-state index contributed by atoms with van der Waals surface area (Å²) in [6.45, 7) is 0. The lowest BCUT2D eigenvalue weighted by atomic mass is 9.97. The summed E-state index contributed by atoms with van der Waals surface area (Å²) in [7, 11) is 0. The molecule has 0 saturated heterocycles. The Morgan fingerprint density at radius 1 is 0.469 bits per heavy atom. The largest absolute Gasteiger partial charge is 0.309 e. The summed E-state index contributed by atoms with van der Waals surface area (Å²) in [5.74, 6) is -0.275. The van der Waals surface area contributed by atoms with E-state index in [4.69, 9.17) is 15.0 Å². The Morgan fingerprint density at radius 2 is 0.980 bits per heavy atom. The van der Waals surface area contributed by atoms with Gasteiger partial charge in [-0.15, -0.1) is 0 Å². The molecule has 8 heteroatoms. The summed E-state index contributed by atoms with van der Waals surface area (Å²) in [5, 5.41) is 21.3. The molecule has 0 aliphatic carbocycles. The lowest BCUT2D eigenvalue weighted by Crippen LogP contribution is -2.03. The van der Waals surface area contributed by atoms with Crippen LogP contribution in [0, 0.1) is 34.3 Å². The molecule has 8 aromatic rings. The lowest BCUT2D eigenvalue weighted by molar-refractivity contribution is 0.584. The molecular formula is C41H22F2N6. The predicted molar refractivity (Wildman–Crippen MR) is 185 cm³/mol. The first-order valence-electron chi connectivity index (χ1n) is 15.4. The van der Waals surface area contributed by atoms with Crippen molar-refractivity contribution in [3.63, 3.8) is 0 Å². The summed E-state index contributed by atoms with van der Waals surface area (Å²) in [4.78, 5) is 14.7. The van der Waals surface area contributed by atoms with Gasteiger partial charge in [0.1, 0.15) is 11.6 Å². The van der Waals surface area contributed by atoms with Crippen molar-refractivity contribution < 1.29 is 8.78 Å². The molecule has 8 rings (SSSR count). The molecule has 230 valence electrons. The minimum absolute atomic E-state index is 0.297. The van der Waals surface area contributed by atoms with Gasteiger partial charge in [-0.05, 0) is 59.7 Å². The number of halogens is 2. The normalized spacial score (nSPS) is 11.0. The maximum Gasteiger partial charge on any atom is 0.164 e. The SMILES string of the molecule is N#Cc1ccc2c3ccc(C#N)cc3n(-c3ccc(-c4cc(F)cc(F)c4)c(-c4nc(-c5ccccc5)nc(-c5ccccc5)n4)c3)c2c1. The highest BCUT2D eigenvalue weighted by Gasteiger charge is 2.20. The number of benzene rings is 6. The fourth-order valence-corrected chi connectivity index (χ4v) is 6.18. The number of fused-ring (bicyclic) bond motifs is 3. The predicted octanol–water partition coefficient (Wildman–Crippen LogP) is 9.66. The quantitative estimate of drug-likeness (QED) is 0.188.